The molecule has 2 aromatic heterocycles. The fourth-order valence-corrected chi connectivity index (χ4v) is 7.67. The summed E-state index contributed by atoms with van der Waals surface area (Å²) >= 11 is 0. The summed E-state index contributed by atoms with van der Waals surface area (Å²) in [5.74, 6) is 1.70. The van der Waals surface area contributed by atoms with Gasteiger partial charge in [0.05, 0.1) is 34.3 Å². The number of benzene rings is 7. The van der Waals surface area contributed by atoms with E-state index in [0.717, 1.165) is 56.1 Å². The Kier molecular flexibility index (Phi) is 6.85. The second-order valence-electron chi connectivity index (χ2n) is 13.0. The number of nitrogens with zero attached hydrogens (tertiary/aromatic N) is 4. The molecule has 240 valence electrons. The first-order chi connectivity index (χ1) is 25.3. The van der Waals surface area contributed by atoms with Crippen molar-refractivity contribution in [1.29, 1.82) is 0 Å². The van der Waals surface area contributed by atoms with Gasteiger partial charge in [-0.25, -0.2) is 4.99 Å². The lowest BCUT2D eigenvalue weighted by atomic mass is 9.94. The number of hydrogen-bond donors (Lipinski definition) is 0. The summed E-state index contributed by atoms with van der Waals surface area (Å²) in [4.78, 5) is 11.0. The van der Waals surface area contributed by atoms with Crippen molar-refractivity contribution in [3.05, 3.63) is 188 Å². The van der Waals surface area contributed by atoms with E-state index < -0.39 is 0 Å². The summed E-state index contributed by atoms with van der Waals surface area (Å²) in [6.07, 6.45) is 2.18. The van der Waals surface area contributed by atoms with Gasteiger partial charge in [0.1, 0.15) is 11.7 Å². The molecule has 1 aliphatic heterocycles. The molecule has 0 unspecified atom stereocenters. The second kappa shape index (κ2) is 12.0. The van der Waals surface area contributed by atoms with Gasteiger partial charge in [0.2, 0.25) is 0 Å². The fraction of sp³-hybridized carbons (Fsp3) is 0.0213. The van der Waals surface area contributed by atoms with Gasteiger partial charge in [-0.2, -0.15) is 0 Å². The van der Waals surface area contributed by atoms with Crippen molar-refractivity contribution < 1.29 is 0 Å². The summed E-state index contributed by atoms with van der Waals surface area (Å²) in [5, 5.41) is 4.80. The highest BCUT2D eigenvalue weighted by Crippen LogP contribution is 2.35. The molecule has 0 bridgehead atoms. The number of aromatic nitrogens is 2. The highest BCUT2D eigenvalue weighted by atomic mass is 15.2. The lowest BCUT2D eigenvalue weighted by molar-refractivity contribution is 1.12. The van der Waals surface area contributed by atoms with Gasteiger partial charge in [-0.15, -0.1) is 0 Å². The van der Waals surface area contributed by atoms with Gasteiger partial charge >= 0.3 is 0 Å². The van der Waals surface area contributed by atoms with Gasteiger partial charge in [-0.3, -0.25) is 14.1 Å². The van der Waals surface area contributed by atoms with Crippen LogP contribution in [0.3, 0.4) is 0 Å². The molecule has 0 saturated heterocycles. The topological polar surface area (TPSA) is 34.6 Å². The van der Waals surface area contributed by atoms with Crippen LogP contribution in [0.5, 0.6) is 0 Å². The molecular weight excluding hydrogens is 621 g/mol. The van der Waals surface area contributed by atoms with Gasteiger partial charge in [0.15, 0.2) is 0 Å². The Labute approximate surface area is 295 Å². The van der Waals surface area contributed by atoms with E-state index >= 15 is 0 Å². The lowest BCUT2D eigenvalue weighted by Gasteiger charge is -2.12. The molecule has 1 aliphatic rings. The maximum atomic E-state index is 5.59. The van der Waals surface area contributed by atoms with Crippen LogP contribution >= 0.6 is 0 Å². The molecule has 0 amide bonds. The Balaban J connectivity index is 1.25. The monoisotopic (exact) mass is 652 g/mol. The molecule has 0 N–H and O–H groups in total. The Morgan fingerprint density at radius 2 is 0.765 bits per heavy atom. The molecule has 51 heavy (non-hydrogen) atoms. The number of para-hydroxylation sites is 4. The van der Waals surface area contributed by atoms with Gasteiger partial charge < -0.3 is 0 Å². The van der Waals surface area contributed by atoms with Crippen molar-refractivity contribution in [2.45, 2.75) is 0 Å². The minimum Gasteiger partial charge on any atom is -0.296 e. The molecule has 9 aromatic rings. The third kappa shape index (κ3) is 4.92. The largest absolute Gasteiger partial charge is 0.296 e. The zero-order chi connectivity index (χ0) is 33.7. The fourth-order valence-electron chi connectivity index (χ4n) is 7.67. The van der Waals surface area contributed by atoms with E-state index in [2.05, 4.69) is 191 Å². The number of allylic oxidation sites excluding steroid dienone is 1. The van der Waals surface area contributed by atoms with Gasteiger partial charge in [-0.1, -0.05) is 133 Å². The zero-order valence-electron chi connectivity index (χ0n) is 27.8. The van der Waals surface area contributed by atoms with E-state index in [4.69, 9.17) is 9.98 Å². The molecule has 7 aromatic carbocycles. The molecule has 10 rings (SSSR count). The minimum atomic E-state index is 0.408. The predicted molar refractivity (Wildman–Crippen MR) is 215 cm³/mol. The molecule has 0 radical (unpaired) electrons. The van der Waals surface area contributed by atoms with Crippen LogP contribution in [0, 0.1) is 0 Å². The smallest absolute Gasteiger partial charge is 0.141 e. The van der Waals surface area contributed by atoms with Crippen molar-refractivity contribution in [2.24, 2.45) is 9.98 Å². The van der Waals surface area contributed by atoms with Gasteiger partial charge in [0.25, 0.3) is 0 Å². The van der Waals surface area contributed by atoms with Crippen molar-refractivity contribution in [1.82, 2.24) is 9.13 Å². The molecular formula is C47H32N4. The summed E-state index contributed by atoms with van der Waals surface area (Å²) in [7, 11) is 0. The maximum absolute atomic E-state index is 5.59. The van der Waals surface area contributed by atoms with Crippen molar-refractivity contribution in [2.75, 3.05) is 6.54 Å². The number of rotatable bonds is 4. The average Bonchev–Trinajstić information content (AvgIpc) is 3.62. The molecule has 0 spiro atoms. The first-order valence-electron chi connectivity index (χ1n) is 17.4. The third-order valence-electron chi connectivity index (χ3n) is 9.99. The number of fused-ring (bicyclic) bond motifs is 6. The van der Waals surface area contributed by atoms with Crippen LogP contribution in [0.15, 0.2) is 192 Å². The van der Waals surface area contributed by atoms with E-state index in [1.54, 1.807) is 0 Å². The summed E-state index contributed by atoms with van der Waals surface area (Å²) in [6.45, 7) is 0.408. The first kappa shape index (κ1) is 29.2. The van der Waals surface area contributed by atoms with Crippen LogP contribution in [0.25, 0.3) is 71.7 Å². The number of aliphatic imine (C=N–C) groups is 2. The van der Waals surface area contributed by atoms with E-state index in [1.807, 2.05) is 0 Å². The van der Waals surface area contributed by atoms with Crippen LogP contribution in [-0.2, 0) is 0 Å². The van der Waals surface area contributed by atoms with E-state index in [9.17, 15) is 0 Å². The first-order valence-corrected chi connectivity index (χ1v) is 17.4. The van der Waals surface area contributed by atoms with Gasteiger partial charge in [0, 0.05) is 33.2 Å². The second-order valence-corrected chi connectivity index (χ2v) is 13.0. The van der Waals surface area contributed by atoms with E-state index in [-0.39, 0.29) is 0 Å². The standard InChI is InChI=1S/C47H32N4/c1-3-15-32(16-4-1)34-27-35(33-17-5-2-6-18-33)29-36(28-34)41-30-46(50-42-23-11-7-19-37(42)38-20-8-12-24-43(38)50)49-47(31-48-41)51-44-25-13-9-21-39(44)40-22-10-14-26-45(40)51/h1-30H,31H2. The Hall–Kier alpha value is -6.78. The molecule has 0 saturated carbocycles. The molecule has 0 atom stereocenters. The summed E-state index contributed by atoms with van der Waals surface area (Å²) in [5.41, 5.74) is 11.0. The van der Waals surface area contributed by atoms with E-state index in [0.29, 0.717) is 6.54 Å². The van der Waals surface area contributed by atoms with Gasteiger partial charge in [-0.05, 0) is 64.7 Å². The quantitative estimate of drug-likeness (QED) is 0.181. The molecule has 0 aliphatic carbocycles. The highest BCUT2D eigenvalue weighted by Gasteiger charge is 2.21. The minimum absolute atomic E-state index is 0.408. The zero-order valence-corrected chi connectivity index (χ0v) is 27.8. The van der Waals surface area contributed by atoms with Crippen molar-refractivity contribution >= 4 is 61.0 Å². The summed E-state index contributed by atoms with van der Waals surface area (Å²) < 4.78 is 4.60. The SMILES string of the molecule is C1=C(n2c3ccccc3c3ccccc32)N=C(n2c3ccccc3c3ccccc32)CN=C1c1cc(-c2ccccc2)cc(-c2ccccc2)c1. The lowest BCUT2D eigenvalue weighted by Crippen LogP contribution is -2.16. The van der Waals surface area contributed by atoms with Crippen LogP contribution in [0.4, 0.5) is 0 Å². The predicted octanol–water partition coefficient (Wildman–Crippen LogP) is 11.5. The van der Waals surface area contributed by atoms with Crippen molar-refractivity contribution in [3.8, 4) is 22.3 Å². The molecule has 4 nitrogen and oxygen atoms in total. The highest BCUT2D eigenvalue weighted by molar-refractivity contribution is 6.19. The molecule has 0 fully saturated rings. The average molecular weight is 653 g/mol. The Morgan fingerprint density at radius 1 is 0.373 bits per heavy atom. The van der Waals surface area contributed by atoms with Crippen LogP contribution in [0.2, 0.25) is 0 Å². The number of hydrogen-bond acceptors (Lipinski definition) is 2. The molecule has 4 heteroatoms. The van der Waals surface area contributed by atoms with Crippen LogP contribution < -0.4 is 0 Å². The molecule has 3 heterocycles. The normalized spacial score (nSPS) is 13.4. The summed E-state index contributed by atoms with van der Waals surface area (Å²) in [6, 6.07) is 62.5. The third-order valence-corrected chi connectivity index (χ3v) is 9.99. The maximum Gasteiger partial charge on any atom is 0.141 e. The Bertz CT molecular complexity index is 2700. The van der Waals surface area contributed by atoms with E-state index in [1.165, 1.54) is 32.7 Å². The van der Waals surface area contributed by atoms with Crippen LogP contribution in [-0.4, -0.2) is 27.2 Å². The Morgan fingerprint density at radius 3 is 1.24 bits per heavy atom. The van der Waals surface area contributed by atoms with Crippen LogP contribution in [0.1, 0.15) is 5.56 Å². The van der Waals surface area contributed by atoms with Crippen molar-refractivity contribution in [3.63, 3.8) is 0 Å².